The summed E-state index contributed by atoms with van der Waals surface area (Å²) >= 11 is 0. The fraction of sp³-hybridized carbons (Fsp3) is 0.357. The molecule has 0 aliphatic heterocycles. The smallest absolute Gasteiger partial charge is 0.311 e. The maximum atomic E-state index is 12.1. The zero-order valence-electron chi connectivity index (χ0n) is 11.8. The van der Waals surface area contributed by atoms with E-state index in [9.17, 15) is 4.79 Å². The number of hydrogen-bond donors (Lipinski definition) is 0. The number of rotatable bonds is 5. The molecule has 0 aliphatic carbocycles. The molecule has 0 spiro atoms. The third-order valence-corrected chi connectivity index (χ3v) is 2.98. The lowest BCUT2D eigenvalue weighted by atomic mass is 10.2. The minimum atomic E-state index is -0.253. The summed E-state index contributed by atoms with van der Waals surface area (Å²) in [5.41, 5.74) is 0.718. The average Bonchev–Trinajstić information content (AvgIpc) is 2.98. The Labute approximate surface area is 117 Å². The van der Waals surface area contributed by atoms with E-state index in [4.69, 9.17) is 9.15 Å². The van der Waals surface area contributed by atoms with E-state index in [-0.39, 0.29) is 11.8 Å². The van der Waals surface area contributed by atoms with E-state index < -0.39 is 0 Å². The molecule has 6 nitrogen and oxygen atoms in total. The topological polar surface area (TPSA) is 68.5 Å². The van der Waals surface area contributed by atoms with Crippen LogP contribution in [0.2, 0.25) is 0 Å². The van der Waals surface area contributed by atoms with Crippen LogP contribution in [0.25, 0.3) is 11.5 Å². The molecule has 106 valence electrons. The van der Waals surface area contributed by atoms with Crippen molar-refractivity contribution in [3.63, 3.8) is 0 Å². The van der Waals surface area contributed by atoms with E-state index in [0.29, 0.717) is 24.7 Å². The first-order chi connectivity index (χ1) is 9.69. The fourth-order valence-electron chi connectivity index (χ4n) is 1.83. The Morgan fingerprint density at radius 1 is 1.30 bits per heavy atom. The lowest BCUT2D eigenvalue weighted by Crippen LogP contribution is -2.30. The van der Waals surface area contributed by atoms with Crippen molar-refractivity contribution in [1.29, 1.82) is 0 Å². The van der Waals surface area contributed by atoms with Crippen LogP contribution in [0.4, 0.5) is 0 Å². The first-order valence-electron chi connectivity index (χ1n) is 6.46. The van der Waals surface area contributed by atoms with Crippen LogP contribution in [-0.2, 0) is 0 Å². The second-order valence-corrected chi connectivity index (χ2v) is 4.12. The van der Waals surface area contributed by atoms with Gasteiger partial charge in [-0.25, -0.2) is 0 Å². The first-order valence-corrected chi connectivity index (χ1v) is 6.46. The Balaban J connectivity index is 2.26. The lowest BCUT2D eigenvalue weighted by molar-refractivity contribution is 0.0733. The SMILES string of the molecule is CCN(CC)C(=O)c1nnc(-c2cccc(OC)c2)o1. The van der Waals surface area contributed by atoms with Crippen molar-refractivity contribution in [1.82, 2.24) is 15.1 Å². The van der Waals surface area contributed by atoms with Gasteiger partial charge in [0.15, 0.2) is 0 Å². The molecule has 0 fully saturated rings. The van der Waals surface area contributed by atoms with E-state index in [1.54, 1.807) is 18.1 Å². The number of aromatic nitrogens is 2. The number of hydrogen-bond acceptors (Lipinski definition) is 5. The molecular weight excluding hydrogens is 258 g/mol. The van der Waals surface area contributed by atoms with Crippen molar-refractivity contribution in [3.8, 4) is 17.2 Å². The Bertz CT molecular complexity index is 591. The van der Waals surface area contributed by atoms with Gasteiger partial charge in [0.2, 0.25) is 5.89 Å². The third-order valence-electron chi connectivity index (χ3n) is 2.98. The normalized spacial score (nSPS) is 10.3. The number of carbonyl (C=O) groups is 1. The van der Waals surface area contributed by atoms with Gasteiger partial charge in [0, 0.05) is 18.7 Å². The van der Waals surface area contributed by atoms with Crippen molar-refractivity contribution in [2.24, 2.45) is 0 Å². The van der Waals surface area contributed by atoms with Crippen LogP contribution in [-0.4, -0.2) is 41.2 Å². The molecule has 0 saturated carbocycles. The molecule has 0 bridgehead atoms. The van der Waals surface area contributed by atoms with Crippen LogP contribution in [0.1, 0.15) is 24.5 Å². The Morgan fingerprint density at radius 2 is 2.05 bits per heavy atom. The number of methoxy groups -OCH3 is 1. The van der Waals surface area contributed by atoms with Gasteiger partial charge in [-0.1, -0.05) is 6.07 Å². The Hall–Kier alpha value is -2.37. The van der Waals surface area contributed by atoms with Crippen LogP contribution in [0.5, 0.6) is 5.75 Å². The molecule has 1 aromatic carbocycles. The first kappa shape index (κ1) is 14.0. The van der Waals surface area contributed by atoms with Gasteiger partial charge in [0.25, 0.3) is 0 Å². The third kappa shape index (κ3) is 2.79. The van der Waals surface area contributed by atoms with E-state index >= 15 is 0 Å². The summed E-state index contributed by atoms with van der Waals surface area (Å²) in [4.78, 5) is 13.7. The Kier molecular flexibility index (Phi) is 4.34. The number of nitrogens with zero attached hydrogens (tertiary/aromatic N) is 3. The van der Waals surface area contributed by atoms with Crippen LogP contribution in [0.15, 0.2) is 28.7 Å². The largest absolute Gasteiger partial charge is 0.497 e. The predicted molar refractivity (Wildman–Crippen MR) is 73.5 cm³/mol. The van der Waals surface area contributed by atoms with Crippen LogP contribution in [0, 0.1) is 0 Å². The molecule has 0 N–H and O–H groups in total. The van der Waals surface area contributed by atoms with Gasteiger partial charge in [0.1, 0.15) is 5.75 Å². The van der Waals surface area contributed by atoms with Crippen molar-refractivity contribution in [3.05, 3.63) is 30.2 Å². The highest BCUT2D eigenvalue weighted by atomic mass is 16.5. The molecule has 2 rings (SSSR count). The van der Waals surface area contributed by atoms with Crippen LogP contribution in [0.3, 0.4) is 0 Å². The summed E-state index contributed by atoms with van der Waals surface area (Å²) in [5.74, 6) is 0.750. The minimum Gasteiger partial charge on any atom is -0.497 e. The maximum Gasteiger partial charge on any atom is 0.311 e. The monoisotopic (exact) mass is 275 g/mol. The second kappa shape index (κ2) is 6.18. The minimum absolute atomic E-state index is 0.00604. The van der Waals surface area contributed by atoms with Crippen molar-refractivity contribution < 1.29 is 13.9 Å². The summed E-state index contributed by atoms with van der Waals surface area (Å²) in [7, 11) is 1.59. The molecule has 0 unspecified atom stereocenters. The summed E-state index contributed by atoms with van der Waals surface area (Å²) < 4.78 is 10.6. The van der Waals surface area contributed by atoms with Gasteiger partial charge in [0.05, 0.1) is 7.11 Å². The second-order valence-electron chi connectivity index (χ2n) is 4.12. The number of amides is 1. The van der Waals surface area contributed by atoms with Crippen molar-refractivity contribution in [2.45, 2.75) is 13.8 Å². The van der Waals surface area contributed by atoms with Gasteiger partial charge < -0.3 is 14.1 Å². The molecule has 6 heteroatoms. The maximum absolute atomic E-state index is 12.1. The predicted octanol–water partition coefficient (Wildman–Crippen LogP) is 2.23. The summed E-state index contributed by atoms with van der Waals surface area (Å²) in [6, 6.07) is 7.24. The molecule has 20 heavy (non-hydrogen) atoms. The quantitative estimate of drug-likeness (QED) is 0.837. The van der Waals surface area contributed by atoms with Crippen LogP contribution < -0.4 is 4.74 Å². The molecule has 2 aromatic rings. The van der Waals surface area contributed by atoms with E-state index in [1.807, 2.05) is 32.0 Å². The van der Waals surface area contributed by atoms with Crippen molar-refractivity contribution >= 4 is 5.91 Å². The van der Waals surface area contributed by atoms with Gasteiger partial charge in [-0.3, -0.25) is 4.79 Å². The summed E-state index contributed by atoms with van der Waals surface area (Å²) in [5, 5.41) is 7.73. The molecular formula is C14H17N3O3. The number of benzene rings is 1. The summed E-state index contributed by atoms with van der Waals surface area (Å²) in [6.45, 7) is 5.01. The van der Waals surface area contributed by atoms with Gasteiger partial charge >= 0.3 is 11.8 Å². The zero-order valence-corrected chi connectivity index (χ0v) is 11.8. The van der Waals surface area contributed by atoms with Crippen LogP contribution >= 0.6 is 0 Å². The lowest BCUT2D eigenvalue weighted by Gasteiger charge is -2.15. The van der Waals surface area contributed by atoms with E-state index in [0.717, 1.165) is 5.56 Å². The van der Waals surface area contributed by atoms with Gasteiger partial charge in [-0.15, -0.1) is 10.2 Å². The van der Waals surface area contributed by atoms with E-state index in [2.05, 4.69) is 10.2 Å². The molecule has 0 aliphatic rings. The molecule has 0 saturated heterocycles. The number of ether oxygens (including phenoxy) is 1. The molecule has 0 radical (unpaired) electrons. The highest BCUT2D eigenvalue weighted by Gasteiger charge is 2.20. The fourth-order valence-corrected chi connectivity index (χ4v) is 1.83. The highest BCUT2D eigenvalue weighted by Crippen LogP contribution is 2.22. The summed E-state index contributed by atoms with van der Waals surface area (Å²) in [6.07, 6.45) is 0. The van der Waals surface area contributed by atoms with Crippen molar-refractivity contribution in [2.75, 3.05) is 20.2 Å². The zero-order chi connectivity index (χ0) is 14.5. The molecule has 1 amide bonds. The molecule has 1 heterocycles. The highest BCUT2D eigenvalue weighted by molar-refractivity contribution is 5.89. The Morgan fingerprint density at radius 3 is 2.70 bits per heavy atom. The molecule has 1 aromatic heterocycles. The van der Waals surface area contributed by atoms with Gasteiger partial charge in [-0.2, -0.15) is 0 Å². The number of carbonyl (C=O) groups excluding carboxylic acids is 1. The van der Waals surface area contributed by atoms with E-state index in [1.165, 1.54) is 0 Å². The van der Waals surface area contributed by atoms with Gasteiger partial charge in [-0.05, 0) is 32.0 Å². The standard InChI is InChI=1S/C14H17N3O3/c1-4-17(5-2)14(18)13-16-15-12(20-13)10-7-6-8-11(9-10)19-3/h6-9H,4-5H2,1-3H3. The molecule has 0 atom stereocenters. The average molecular weight is 275 g/mol.